The topological polar surface area (TPSA) is 40.1 Å². The summed E-state index contributed by atoms with van der Waals surface area (Å²) in [5.74, 6) is 1.03. The zero-order valence-corrected chi connectivity index (χ0v) is 17.7. The van der Waals surface area contributed by atoms with E-state index in [4.69, 9.17) is 9.73 Å². The van der Waals surface area contributed by atoms with Crippen LogP contribution in [-0.2, 0) is 17.8 Å². The summed E-state index contributed by atoms with van der Waals surface area (Å²) in [7, 11) is 0. The smallest absolute Gasteiger partial charge is 0.194 e. The van der Waals surface area contributed by atoms with Crippen LogP contribution in [0.3, 0.4) is 0 Å². The van der Waals surface area contributed by atoms with Crippen LogP contribution >= 0.6 is 0 Å². The molecule has 150 valence electrons. The standard InChI is InChI=1S/C22H36N4O/c1-6-23-20(26-17-21(2,3)22(26,4)5)24-15-18-8-7-9-19(14-18)16-25-10-12-27-13-11-25/h7-9,14H,6,10-13,15-17H2,1-5H3,(H,23,24). The highest BCUT2D eigenvalue weighted by Gasteiger charge is 2.53. The number of nitrogens with one attached hydrogen (secondary N) is 1. The minimum atomic E-state index is 0.117. The van der Waals surface area contributed by atoms with Crippen LogP contribution in [-0.4, -0.2) is 60.7 Å². The van der Waals surface area contributed by atoms with Crippen molar-refractivity contribution < 1.29 is 4.74 Å². The van der Waals surface area contributed by atoms with Crippen LogP contribution in [0.25, 0.3) is 0 Å². The zero-order valence-electron chi connectivity index (χ0n) is 17.7. The molecule has 0 aromatic heterocycles. The van der Waals surface area contributed by atoms with Gasteiger partial charge < -0.3 is 15.0 Å². The number of aliphatic imine (C=N–C) groups is 1. The molecule has 5 nitrogen and oxygen atoms in total. The molecule has 0 aliphatic carbocycles. The molecule has 0 radical (unpaired) electrons. The van der Waals surface area contributed by atoms with E-state index in [9.17, 15) is 0 Å². The molecular formula is C22H36N4O. The summed E-state index contributed by atoms with van der Waals surface area (Å²) in [6.07, 6.45) is 0. The molecule has 1 aromatic rings. The van der Waals surface area contributed by atoms with Crippen molar-refractivity contribution in [3.8, 4) is 0 Å². The summed E-state index contributed by atoms with van der Waals surface area (Å²) in [6.45, 7) is 18.8. The Labute approximate surface area is 164 Å². The Morgan fingerprint density at radius 1 is 1.15 bits per heavy atom. The van der Waals surface area contributed by atoms with Gasteiger partial charge in [-0.05, 0) is 31.9 Å². The number of rotatable bonds is 5. The molecule has 2 saturated heterocycles. The van der Waals surface area contributed by atoms with Gasteiger partial charge in [-0.25, -0.2) is 4.99 Å². The monoisotopic (exact) mass is 372 g/mol. The largest absolute Gasteiger partial charge is 0.379 e. The molecule has 0 saturated carbocycles. The molecule has 1 N–H and O–H groups in total. The highest BCUT2D eigenvalue weighted by Crippen LogP contribution is 2.46. The maximum Gasteiger partial charge on any atom is 0.194 e. The molecule has 0 bridgehead atoms. The molecule has 2 aliphatic heterocycles. The van der Waals surface area contributed by atoms with Gasteiger partial charge >= 0.3 is 0 Å². The summed E-state index contributed by atoms with van der Waals surface area (Å²) in [5.41, 5.74) is 3.06. The first-order valence-electron chi connectivity index (χ1n) is 10.3. The maximum absolute atomic E-state index is 5.45. The van der Waals surface area contributed by atoms with Gasteiger partial charge in [0.2, 0.25) is 0 Å². The van der Waals surface area contributed by atoms with E-state index in [1.54, 1.807) is 0 Å². The Hall–Kier alpha value is -1.59. The predicted molar refractivity (Wildman–Crippen MR) is 112 cm³/mol. The number of guanidine groups is 1. The minimum absolute atomic E-state index is 0.117. The number of ether oxygens (including phenoxy) is 1. The van der Waals surface area contributed by atoms with Crippen molar-refractivity contribution >= 4 is 5.96 Å². The fourth-order valence-corrected chi connectivity index (χ4v) is 3.80. The van der Waals surface area contributed by atoms with Gasteiger partial charge in [0, 0.05) is 43.7 Å². The average Bonchev–Trinajstić information content (AvgIpc) is 2.64. The second-order valence-electron chi connectivity index (χ2n) is 8.91. The number of benzene rings is 1. The average molecular weight is 373 g/mol. The van der Waals surface area contributed by atoms with Crippen molar-refractivity contribution in [3.05, 3.63) is 35.4 Å². The van der Waals surface area contributed by atoms with E-state index in [1.165, 1.54) is 11.1 Å². The van der Waals surface area contributed by atoms with Crippen LogP contribution in [0.2, 0.25) is 0 Å². The lowest BCUT2D eigenvalue weighted by Crippen LogP contribution is -2.72. The lowest BCUT2D eigenvalue weighted by molar-refractivity contribution is -0.0667. The Kier molecular flexibility index (Phi) is 6.11. The first-order valence-corrected chi connectivity index (χ1v) is 10.3. The summed E-state index contributed by atoms with van der Waals surface area (Å²) >= 11 is 0. The van der Waals surface area contributed by atoms with Crippen LogP contribution in [0, 0.1) is 5.41 Å². The van der Waals surface area contributed by atoms with Gasteiger partial charge in [-0.3, -0.25) is 4.90 Å². The normalized spacial score (nSPS) is 22.4. The van der Waals surface area contributed by atoms with Gasteiger partial charge in [0.25, 0.3) is 0 Å². The van der Waals surface area contributed by atoms with Crippen molar-refractivity contribution in [1.29, 1.82) is 0 Å². The Bertz CT molecular complexity index is 662. The molecule has 2 heterocycles. The molecule has 0 spiro atoms. The van der Waals surface area contributed by atoms with Crippen LogP contribution in [0.15, 0.2) is 29.3 Å². The maximum atomic E-state index is 5.45. The number of nitrogens with zero attached hydrogens (tertiary/aromatic N) is 3. The first-order chi connectivity index (χ1) is 12.8. The van der Waals surface area contributed by atoms with Crippen molar-refractivity contribution in [3.63, 3.8) is 0 Å². The SMILES string of the molecule is CCNC(=NCc1cccc(CN2CCOCC2)c1)N1CC(C)(C)C1(C)C. The third-order valence-electron chi connectivity index (χ3n) is 6.39. The van der Waals surface area contributed by atoms with E-state index in [2.05, 4.69) is 74.0 Å². The molecule has 0 atom stereocenters. The van der Waals surface area contributed by atoms with Gasteiger partial charge in [-0.2, -0.15) is 0 Å². The summed E-state index contributed by atoms with van der Waals surface area (Å²) in [4.78, 5) is 9.82. The van der Waals surface area contributed by atoms with E-state index in [-0.39, 0.29) is 5.54 Å². The zero-order chi connectivity index (χ0) is 19.5. The van der Waals surface area contributed by atoms with Crippen LogP contribution in [0.4, 0.5) is 0 Å². The van der Waals surface area contributed by atoms with Crippen LogP contribution in [0.1, 0.15) is 45.7 Å². The first kappa shape index (κ1) is 20.2. The van der Waals surface area contributed by atoms with E-state index < -0.39 is 0 Å². The van der Waals surface area contributed by atoms with Crippen LogP contribution < -0.4 is 5.32 Å². The molecule has 27 heavy (non-hydrogen) atoms. The summed E-state index contributed by atoms with van der Waals surface area (Å²) < 4.78 is 5.45. The van der Waals surface area contributed by atoms with Crippen molar-refractivity contribution in [2.24, 2.45) is 10.4 Å². The Balaban J connectivity index is 1.66. The molecule has 5 heteroatoms. The second-order valence-corrected chi connectivity index (χ2v) is 8.91. The van der Waals surface area contributed by atoms with Crippen LogP contribution in [0.5, 0.6) is 0 Å². The molecule has 0 unspecified atom stereocenters. The van der Waals surface area contributed by atoms with Crippen molar-refractivity contribution in [2.45, 2.75) is 53.2 Å². The van der Waals surface area contributed by atoms with Gasteiger partial charge in [-0.1, -0.05) is 38.1 Å². The fourth-order valence-electron chi connectivity index (χ4n) is 3.80. The summed E-state index contributed by atoms with van der Waals surface area (Å²) in [6, 6.07) is 8.86. The van der Waals surface area contributed by atoms with Gasteiger partial charge in [-0.15, -0.1) is 0 Å². The number of likely N-dealkylation sites (tertiary alicyclic amines) is 1. The van der Waals surface area contributed by atoms with Gasteiger partial charge in [0.05, 0.1) is 19.8 Å². The van der Waals surface area contributed by atoms with Crippen molar-refractivity contribution in [1.82, 2.24) is 15.1 Å². The lowest BCUT2D eigenvalue weighted by atomic mass is 9.65. The molecule has 2 aliphatic rings. The summed E-state index contributed by atoms with van der Waals surface area (Å²) in [5, 5.41) is 3.48. The molecule has 1 aromatic carbocycles. The van der Waals surface area contributed by atoms with E-state index in [1.807, 2.05) is 0 Å². The third kappa shape index (κ3) is 4.46. The molecular weight excluding hydrogens is 336 g/mol. The van der Waals surface area contributed by atoms with Gasteiger partial charge in [0.1, 0.15) is 0 Å². The van der Waals surface area contributed by atoms with Gasteiger partial charge in [0.15, 0.2) is 5.96 Å². The predicted octanol–water partition coefficient (Wildman–Crippen LogP) is 3.10. The third-order valence-corrected chi connectivity index (χ3v) is 6.39. The number of hydrogen-bond acceptors (Lipinski definition) is 3. The quantitative estimate of drug-likeness (QED) is 0.637. The fraction of sp³-hybridized carbons (Fsp3) is 0.682. The highest BCUT2D eigenvalue weighted by atomic mass is 16.5. The van der Waals surface area contributed by atoms with Crippen molar-refractivity contribution in [2.75, 3.05) is 39.4 Å². The number of hydrogen-bond donors (Lipinski definition) is 1. The molecule has 2 fully saturated rings. The molecule has 0 amide bonds. The number of morpholine rings is 1. The lowest BCUT2D eigenvalue weighted by Gasteiger charge is -2.62. The molecule has 3 rings (SSSR count). The Morgan fingerprint density at radius 2 is 1.85 bits per heavy atom. The highest BCUT2D eigenvalue weighted by molar-refractivity contribution is 5.82. The minimum Gasteiger partial charge on any atom is -0.379 e. The Morgan fingerprint density at radius 3 is 2.48 bits per heavy atom. The van der Waals surface area contributed by atoms with E-state index in [0.29, 0.717) is 12.0 Å². The second kappa shape index (κ2) is 8.19. The van der Waals surface area contributed by atoms with E-state index in [0.717, 1.165) is 51.9 Å². The van der Waals surface area contributed by atoms with E-state index >= 15 is 0 Å².